The predicted molar refractivity (Wildman–Crippen MR) is 49.4 cm³/mol. The molecule has 0 aliphatic heterocycles. The zero-order valence-electron chi connectivity index (χ0n) is 7.37. The van der Waals surface area contributed by atoms with E-state index in [2.05, 4.69) is 0 Å². The molecule has 0 aliphatic carbocycles. The van der Waals surface area contributed by atoms with Crippen LogP contribution in [0.5, 0.6) is 0 Å². The molecule has 0 saturated carbocycles. The number of thioether (sulfide) groups is 1. The van der Waals surface area contributed by atoms with Crippen molar-refractivity contribution in [2.24, 2.45) is 5.92 Å². The summed E-state index contributed by atoms with van der Waals surface area (Å²) in [7, 11) is 0. The summed E-state index contributed by atoms with van der Waals surface area (Å²) in [6, 6.07) is 0. The molecule has 0 bridgehead atoms. The molecule has 0 saturated heterocycles. The Kier molecular flexibility index (Phi) is 5.80. The molecule has 0 aromatic rings. The van der Waals surface area contributed by atoms with Crippen molar-refractivity contribution < 1.29 is 14.7 Å². The average molecular weight is 190 g/mol. The van der Waals surface area contributed by atoms with E-state index in [1.165, 1.54) is 6.92 Å². The highest BCUT2D eigenvalue weighted by Crippen LogP contribution is 2.12. The third kappa shape index (κ3) is 5.18. The normalized spacial score (nSPS) is 12.5. The van der Waals surface area contributed by atoms with E-state index in [4.69, 9.17) is 5.11 Å². The van der Waals surface area contributed by atoms with E-state index in [1.54, 1.807) is 11.8 Å². The first-order chi connectivity index (χ1) is 5.57. The van der Waals surface area contributed by atoms with Gasteiger partial charge in [0.25, 0.3) is 0 Å². The summed E-state index contributed by atoms with van der Waals surface area (Å²) in [6.07, 6.45) is 2.67. The first kappa shape index (κ1) is 11.5. The SMILES string of the molecule is CSCC[C@H](CC(C)=O)C(=O)O. The Balaban J connectivity index is 3.87. The second-order valence-electron chi connectivity index (χ2n) is 2.72. The topological polar surface area (TPSA) is 54.4 Å². The highest BCUT2D eigenvalue weighted by molar-refractivity contribution is 7.98. The van der Waals surface area contributed by atoms with Crippen molar-refractivity contribution in [1.29, 1.82) is 0 Å². The quantitative estimate of drug-likeness (QED) is 0.688. The molecule has 0 unspecified atom stereocenters. The van der Waals surface area contributed by atoms with Gasteiger partial charge in [-0.3, -0.25) is 4.79 Å². The van der Waals surface area contributed by atoms with Crippen LogP contribution in [0.1, 0.15) is 19.8 Å². The van der Waals surface area contributed by atoms with Crippen LogP contribution in [0.15, 0.2) is 0 Å². The fraction of sp³-hybridized carbons (Fsp3) is 0.750. The van der Waals surface area contributed by atoms with Crippen molar-refractivity contribution in [3.05, 3.63) is 0 Å². The first-order valence-corrected chi connectivity index (χ1v) is 5.18. The third-order valence-corrected chi connectivity index (χ3v) is 2.20. The third-order valence-electron chi connectivity index (χ3n) is 1.55. The Labute approximate surface area is 76.5 Å². The average Bonchev–Trinajstić information content (AvgIpc) is 1.96. The fourth-order valence-corrected chi connectivity index (χ4v) is 1.44. The van der Waals surface area contributed by atoms with Gasteiger partial charge >= 0.3 is 5.97 Å². The molecule has 12 heavy (non-hydrogen) atoms. The van der Waals surface area contributed by atoms with Gasteiger partial charge in [-0.15, -0.1) is 0 Å². The molecule has 1 atom stereocenters. The molecule has 0 fully saturated rings. The van der Waals surface area contributed by atoms with Gasteiger partial charge in [-0.05, 0) is 25.4 Å². The Hall–Kier alpha value is -0.510. The molecule has 0 amide bonds. The van der Waals surface area contributed by atoms with Gasteiger partial charge in [0.15, 0.2) is 0 Å². The maximum Gasteiger partial charge on any atom is 0.306 e. The van der Waals surface area contributed by atoms with Gasteiger partial charge in [0.05, 0.1) is 5.92 Å². The number of rotatable bonds is 6. The molecular weight excluding hydrogens is 176 g/mol. The number of Topliss-reactive ketones (excluding diaryl/α,β-unsaturated/α-hetero) is 1. The van der Waals surface area contributed by atoms with Crippen molar-refractivity contribution in [2.75, 3.05) is 12.0 Å². The van der Waals surface area contributed by atoms with Gasteiger partial charge in [-0.2, -0.15) is 11.8 Å². The predicted octanol–water partition coefficient (Wildman–Crippen LogP) is 1.42. The summed E-state index contributed by atoms with van der Waals surface area (Å²) in [4.78, 5) is 21.2. The molecule has 0 spiro atoms. The Morgan fingerprint density at radius 1 is 1.50 bits per heavy atom. The fourth-order valence-electron chi connectivity index (χ4n) is 0.920. The maximum atomic E-state index is 10.7. The number of hydrogen-bond donors (Lipinski definition) is 1. The van der Waals surface area contributed by atoms with Gasteiger partial charge in [-0.1, -0.05) is 0 Å². The van der Waals surface area contributed by atoms with E-state index < -0.39 is 11.9 Å². The van der Waals surface area contributed by atoms with Crippen molar-refractivity contribution in [1.82, 2.24) is 0 Å². The molecule has 1 N–H and O–H groups in total. The molecule has 4 heteroatoms. The lowest BCUT2D eigenvalue weighted by Gasteiger charge is -2.08. The zero-order valence-corrected chi connectivity index (χ0v) is 8.19. The minimum absolute atomic E-state index is 0.0523. The highest BCUT2D eigenvalue weighted by Gasteiger charge is 2.18. The second kappa shape index (κ2) is 6.06. The lowest BCUT2D eigenvalue weighted by atomic mass is 10.0. The first-order valence-electron chi connectivity index (χ1n) is 3.79. The summed E-state index contributed by atoms with van der Waals surface area (Å²) >= 11 is 1.60. The molecule has 0 aromatic heterocycles. The zero-order chi connectivity index (χ0) is 9.56. The van der Waals surface area contributed by atoms with Gasteiger partial charge in [0, 0.05) is 6.42 Å². The van der Waals surface area contributed by atoms with E-state index >= 15 is 0 Å². The Bertz CT molecular complexity index is 168. The number of carboxylic acids is 1. The van der Waals surface area contributed by atoms with Gasteiger partial charge < -0.3 is 9.90 Å². The second-order valence-corrected chi connectivity index (χ2v) is 3.71. The van der Waals surface area contributed by atoms with Crippen LogP contribution in [0.4, 0.5) is 0 Å². The van der Waals surface area contributed by atoms with E-state index in [0.717, 1.165) is 5.75 Å². The molecule has 0 aromatic carbocycles. The summed E-state index contributed by atoms with van der Waals surface area (Å²) in [5.74, 6) is -0.609. The number of aliphatic carboxylic acids is 1. The van der Waals surface area contributed by atoms with Crippen molar-refractivity contribution in [3.8, 4) is 0 Å². The summed E-state index contributed by atoms with van der Waals surface area (Å²) in [5, 5.41) is 8.69. The molecular formula is C8H14O3S. The Morgan fingerprint density at radius 3 is 2.42 bits per heavy atom. The van der Waals surface area contributed by atoms with Crippen molar-refractivity contribution >= 4 is 23.5 Å². The molecule has 0 heterocycles. The van der Waals surface area contributed by atoms with Crippen molar-refractivity contribution in [3.63, 3.8) is 0 Å². The van der Waals surface area contributed by atoms with E-state index in [1.807, 2.05) is 6.26 Å². The van der Waals surface area contributed by atoms with Gasteiger partial charge in [-0.25, -0.2) is 0 Å². The number of hydrogen-bond acceptors (Lipinski definition) is 3. The van der Waals surface area contributed by atoms with Crippen LogP contribution >= 0.6 is 11.8 Å². The van der Waals surface area contributed by atoms with E-state index in [9.17, 15) is 9.59 Å². The van der Waals surface area contributed by atoms with Gasteiger partial charge in [0.2, 0.25) is 0 Å². The van der Waals surface area contributed by atoms with Crippen LogP contribution in [0.25, 0.3) is 0 Å². The Morgan fingerprint density at radius 2 is 2.08 bits per heavy atom. The van der Waals surface area contributed by atoms with Crippen LogP contribution < -0.4 is 0 Å². The monoisotopic (exact) mass is 190 g/mol. The van der Waals surface area contributed by atoms with Crippen LogP contribution in [0.3, 0.4) is 0 Å². The lowest BCUT2D eigenvalue weighted by molar-refractivity contribution is -0.143. The van der Waals surface area contributed by atoms with Crippen LogP contribution in [0, 0.1) is 5.92 Å². The van der Waals surface area contributed by atoms with Crippen LogP contribution in [0.2, 0.25) is 0 Å². The lowest BCUT2D eigenvalue weighted by Crippen LogP contribution is -2.17. The molecule has 0 radical (unpaired) electrons. The minimum atomic E-state index is -0.862. The number of carbonyl (C=O) groups is 2. The van der Waals surface area contributed by atoms with E-state index in [0.29, 0.717) is 6.42 Å². The summed E-state index contributed by atoms with van der Waals surface area (Å²) in [6.45, 7) is 1.43. The minimum Gasteiger partial charge on any atom is -0.481 e. The number of ketones is 1. The van der Waals surface area contributed by atoms with Crippen molar-refractivity contribution in [2.45, 2.75) is 19.8 Å². The molecule has 70 valence electrons. The summed E-state index contributed by atoms with van der Waals surface area (Å²) < 4.78 is 0. The number of carboxylic acid groups (broad SMARTS) is 1. The highest BCUT2D eigenvalue weighted by atomic mass is 32.2. The molecule has 3 nitrogen and oxygen atoms in total. The molecule has 0 rings (SSSR count). The smallest absolute Gasteiger partial charge is 0.306 e. The van der Waals surface area contributed by atoms with Crippen LogP contribution in [-0.4, -0.2) is 28.9 Å². The maximum absolute atomic E-state index is 10.7. The largest absolute Gasteiger partial charge is 0.481 e. The standard InChI is InChI=1S/C8H14O3S/c1-6(9)5-7(8(10)11)3-4-12-2/h7H,3-5H2,1-2H3,(H,10,11)/t7-/m1/s1. The van der Waals surface area contributed by atoms with Crippen LogP contribution in [-0.2, 0) is 9.59 Å². The molecule has 0 aliphatic rings. The van der Waals surface area contributed by atoms with Gasteiger partial charge in [0.1, 0.15) is 5.78 Å². The summed E-state index contributed by atoms with van der Waals surface area (Å²) in [5.41, 5.74) is 0. The van der Waals surface area contributed by atoms with E-state index in [-0.39, 0.29) is 12.2 Å². The number of carbonyl (C=O) groups excluding carboxylic acids is 1.